The number of hydrogen-bond donors (Lipinski definition) is 0. The highest BCUT2D eigenvalue weighted by molar-refractivity contribution is 6.90. The number of hydrogen-bond acceptors (Lipinski definition) is 3. The first-order valence-corrected chi connectivity index (χ1v) is 26.5. The van der Waals surface area contributed by atoms with Gasteiger partial charge in [0.1, 0.15) is 0 Å². The van der Waals surface area contributed by atoms with Crippen molar-refractivity contribution in [1.82, 2.24) is 24.0 Å². The third-order valence-electron chi connectivity index (χ3n) is 16.6. The Kier molecular flexibility index (Phi) is 9.60. The molecule has 0 saturated carbocycles. The van der Waals surface area contributed by atoms with Gasteiger partial charge in [-0.1, -0.05) is 163 Å². The molecule has 0 unspecified atom stereocenters. The fourth-order valence-corrected chi connectivity index (χ4v) is 13.8. The highest BCUT2D eigenvalue weighted by Gasteiger charge is 2.43. The average molecular weight is 974 g/mol. The first kappa shape index (κ1) is 44.4. The van der Waals surface area contributed by atoms with Crippen molar-refractivity contribution in [3.63, 3.8) is 0 Å². The SMILES string of the molecule is Cc1cc(C)c(-c2ccc3c(c2)c2cc(-c4c(C)cc(C)cc4C)cc4c2n3-c2cc(-c3cccc(-c5nc(-c6ccccc6)nc(-c6ccccc6)n5)c3)c(C)c3c2B4n2c4ccccc4c4cccc-3c42)c(C)c1. The number of aromatic nitrogens is 5. The number of aryl methyl sites for hydroxylation is 6. The second kappa shape index (κ2) is 16.4. The molecule has 76 heavy (non-hydrogen) atoms. The molecule has 0 atom stereocenters. The molecular weight excluding hydrogens is 922 g/mol. The lowest BCUT2D eigenvalue weighted by atomic mass is 9.45. The Labute approximate surface area is 443 Å². The van der Waals surface area contributed by atoms with Crippen LogP contribution in [0, 0.1) is 48.5 Å². The van der Waals surface area contributed by atoms with Gasteiger partial charge >= 0.3 is 6.85 Å². The summed E-state index contributed by atoms with van der Waals surface area (Å²) in [6.45, 7) is 15.8. The number of benzene rings is 10. The quantitative estimate of drug-likeness (QED) is 0.156. The van der Waals surface area contributed by atoms with Crippen LogP contribution in [0.15, 0.2) is 188 Å². The molecule has 3 aromatic heterocycles. The van der Waals surface area contributed by atoms with Crippen LogP contribution in [0.25, 0.3) is 128 Å². The molecule has 10 aromatic carbocycles. The zero-order valence-corrected chi connectivity index (χ0v) is 43.7. The minimum Gasteiger partial charge on any atom is -0.375 e. The van der Waals surface area contributed by atoms with Crippen molar-refractivity contribution < 1.29 is 0 Å². The van der Waals surface area contributed by atoms with Crippen LogP contribution in [-0.4, -0.2) is 30.8 Å². The zero-order valence-electron chi connectivity index (χ0n) is 43.7. The van der Waals surface area contributed by atoms with E-state index in [1.807, 2.05) is 36.4 Å². The van der Waals surface area contributed by atoms with Crippen LogP contribution in [0.3, 0.4) is 0 Å². The molecule has 0 fully saturated rings. The molecule has 0 saturated heterocycles. The Morgan fingerprint density at radius 1 is 0.355 bits per heavy atom. The third-order valence-corrected chi connectivity index (χ3v) is 16.6. The fourth-order valence-electron chi connectivity index (χ4n) is 13.8. The van der Waals surface area contributed by atoms with Crippen molar-refractivity contribution in [2.24, 2.45) is 0 Å². The third kappa shape index (κ3) is 6.43. The summed E-state index contributed by atoms with van der Waals surface area (Å²) >= 11 is 0. The molecule has 0 aliphatic carbocycles. The molecule has 0 radical (unpaired) electrons. The maximum Gasteiger partial charge on any atom is 0.333 e. The fraction of sp³-hybridized carbons (Fsp3) is 0.100. The highest BCUT2D eigenvalue weighted by atomic mass is 15.0. The number of fused-ring (bicyclic) bond motifs is 10. The summed E-state index contributed by atoms with van der Waals surface area (Å²) in [6, 6.07) is 69.5. The van der Waals surface area contributed by atoms with Crippen molar-refractivity contribution in [2.45, 2.75) is 48.5 Å². The lowest BCUT2D eigenvalue weighted by Crippen LogP contribution is -2.55. The molecule has 0 bridgehead atoms. The molecule has 2 aliphatic rings. The number of para-hydroxylation sites is 2. The molecule has 5 heterocycles. The van der Waals surface area contributed by atoms with Crippen molar-refractivity contribution in [3.05, 3.63) is 227 Å². The van der Waals surface area contributed by atoms with E-state index in [0.29, 0.717) is 17.5 Å². The zero-order chi connectivity index (χ0) is 51.2. The van der Waals surface area contributed by atoms with Crippen LogP contribution in [0.5, 0.6) is 0 Å². The van der Waals surface area contributed by atoms with Crippen LogP contribution in [-0.2, 0) is 0 Å². The summed E-state index contributed by atoms with van der Waals surface area (Å²) in [4.78, 5) is 15.4. The largest absolute Gasteiger partial charge is 0.375 e. The number of rotatable bonds is 6. The van der Waals surface area contributed by atoms with Gasteiger partial charge in [0.2, 0.25) is 0 Å². The van der Waals surface area contributed by atoms with Crippen molar-refractivity contribution in [2.75, 3.05) is 0 Å². The van der Waals surface area contributed by atoms with E-state index in [1.165, 1.54) is 138 Å². The van der Waals surface area contributed by atoms with E-state index in [9.17, 15) is 0 Å². The summed E-state index contributed by atoms with van der Waals surface area (Å²) in [7, 11) is 0. The molecule has 0 spiro atoms. The maximum atomic E-state index is 5.19. The van der Waals surface area contributed by atoms with E-state index >= 15 is 0 Å². The van der Waals surface area contributed by atoms with Crippen molar-refractivity contribution in [1.29, 1.82) is 0 Å². The van der Waals surface area contributed by atoms with E-state index in [1.54, 1.807) is 0 Å². The highest BCUT2D eigenvalue weighted by Crippen LogP contribution is 2.48. The van der Waals surface area contributed by atoms with Crippen LogP contribution in [0.2, 0.25) is 0 Å². The van der Waals surface area contributed by atoms with E-state index in [4.69, 9.17) is 15.0 Å². The van der Waals surface area contributed by atoms with Crippen LogP contribution in [0.4, 0.5) is 0 Å². The minimum absolute atomic E-state index is 0.106. The standard InChI is InChI=1S/C70H52BN5/c1-39-30-41(3)62(42(4)31-39)49-28-29-59-56(35-49)57-36-51(63-43(5)32-40(2)33-44(63)6)37-58-67(57)75(59)61-38-55(45(7)64-54-26-17-25-53-52-24-14-15-27-60(52)76(66(53)54)71(58)65(61)64)48-22-16-23-50(34-48)70-73-68(46-18-10-8-11-19-46)72-69(74-70)47-20-12-9-13-21-47/h8-38H,1-7H3. The Bertz CT molecular complexity index is 4550. The molecule has 0 N–H and O–H groups in total. The predicted octanol–water partition coefficient (Wildman–Crippen LogP) is 16.2. The lowest BCUT2D eigenvalue weighted by molar-refractivity contribution is 1.07. The topological polar surface area (TPSA) is 48.5 Å². The Balaban J connectivity index is 1.05. The van der Waals surface area contributed by atoms with Gasteiger partial charge < -0.3 is 9.05 Å². The molecule has 15 rings (SSSR count). The van der Waals surface area contributed by atoms with Crippen LogP contribution >= 0.6 is 0 Å². The monoisotopic (exact) mass is 973 g/mol. The molecule has 6 heteroatoms. The van der Waals surface area contributed by atoms with Gasteiger partial charge in [-0.25, -0.2) is 15.0 Å². The molecular formula is C70H52BN5. The second-order valence-corrected chi connectivity index (χ2v) is 21.5. The lowest BCUT2D eigenvalue weighted by Gasteiger charge is -2.36. The van der Waals surface area contributed by atoms with Gasteiger partial charge in [0.15, 0.2) is 17.5 Å². The number of nitrogens with zero attached hydrogens (tertiary/aromatic N) is 5. The Morgan fingerprint density at radius 2 is 0.908 bits per heavy atom. The van der Waals surface area contributed by atoms with Gasteiger partial charge in [-0.15, -0.1) is 0 Å². The predicted molar refractivity (Wildman–Crippen MR) is 319 cm³/mol. The Morgan fingerprint density at radius 3 is 1.58 bits per heavy atom. The second-order valence-electron chi connectivity index (χ2n) is 21.5. The van der Waals surface area contributed by atoms with E-state index in [2.05, 4.69) is 209 Å². The van der Waals surface area contributed by atoms with Gasteiger partial charge in [0, 0.05) is 60.5 Å². The van der Waals surface area contributed by atoms with Gasteiger partial charge in [0.25, 0.3) is 0 Å². The van der Waals surface area contributed by atoms with Crippen LogP contribution in [0.1, 0.15) is 38.9 Å². The van der Waals surface area contributed by atoms with Gasteiger partial charge in [-0.3, -0.25) is 0 Å². The molecule has 13 aromatic rings. The summed E-state index contributed by atoms with van der Waals surface area (Å²) < 4.78 is 5.32. The van der Waals surface area contributed by atoms with Gasteiger partial charge in [-0.05, 0) is 163 Å². The molecule has 2 aliphatic heterocycles. The molecule has 360 valence electrons. The van der Waals surface area contributed by atoms with Crippen LogP contribution < -0.4 is 10.9 Å². The average Bonchev–Trinajstić information content (AvgIpc) is 3.98. The minimum atomic E-state index is -0.106. The normalized spacial score (nSPS) is 12.4. The van der Waals surface area contributed by atoms with Crippen molar-refractivity contribution >= 4 is 61.4 Å². The summed E-state index contributed by atoms with van der Waals surface area (Å²) in [5.41, 5.74) is 30.7. The smallest absolute Gasteiger partial charge is 0.333 e. The molecule has 5 nitrogen and oxygen atoms in total. The Hall–Kier alpha value is -9.13. The van der Waals surface area contributed by atoms with E-state index in [-0.39, 0.29) is 6.85 Å². The van der Waals surface area contributed by atoms with E-state index < -0.39 is 0 Å². The summed E-state index contributed by atoms with van der Waals surface area (Å²) in [6.07, 6.45) is 0. The van der Waals surface area contributed by atoms with E-state index in [0.717, 1.165) is 22.3 Å². The molecule has 0 amide bonds. The van der Waals surface area contributed by atoms with Crippen molar-refractivity contribution in [3.8, 4) is 84.4 Å². The maximum absolute atomic E-state index is 5.19. The van der Waals surface area contributed by atoms with Gasteiger partial charge in [0.05, 0.1) is 11.0 Å². The summed E-state index contributed by atoms with van der Waals surface area (Å²) in [5.74, 6) is 1.93. The first-order chi connectivity index (χ1) is 37.1. The summed E-state index contributed by atoms with van der Waals surface area (Å²) in [5, 5.41) is 5.08. The van der Waals surface area contributed by atoms with Gasteiger partial charge in [-0.2, -0.15) is 0 Å². The first-order valence-electron chi connectivity index (χ1n) is 26.5.